The molecule has 1 heterocycles. The van der Waals surface area contributed by atoms with Crippen molar-refractivity contribution in [3.63, 3.8) is 0 Å². The fourth-order valence-corrected chi connectivity index (χ4v) is 1.87. The van der Waals surface area contributed by atoms with Gasteiger partial charge in [0.25, 0.3) is 0 Å². The van der Waals surface area contributed by atoms with Gasteiger partial charge < -0.3 is 9.88 Å². The first-order valence-electron chi connectivity index (χ1n) is 5.67. The summed E-state index contributed by atoms with van der Waals surface area (Å²) in [6, 6.07) is 6.56. The fourth-order valence-electron chi connectivity index (χ4n) is 1.87. The normalized spacial score (nSPS) is 12.6. The molecule has 0 spiro atoms. The van der Waals surface area contributed by atoms with Crippen LogP contribution < -0.4 is 5.32 Å². The van der Waals surface area contributed by atoms with Crippen molar-refractivity contribution in [3.05, 3.63) is 53.9 Å². The van der Waals surface area contributed by atoms with E-state index in [4.69, 9.17) is 0 Å². The van der Waals surface area contributed by atoms with Gasteiger partial charge in [0.2, 0.25) is 0 Å². The number of benzene rings is 1. The van der Waals surface area contributed by atoms with Gasteiger partial charge in [-0.3, -0.25) is 0 Å². The quantitative estimate of drug-likeness (QED) is 0.877. The highest BCUT2D eigenvalue weighted by molar-refractivity contribution is 5.27. The van der Waals surface area contributed by atoms with Crippen LogP contribution in [0.3, 0.4) is 0 Å². The second-order valence-electron chi connectivity index (χ2n) is 4.01. The Morgan fingerprint density at radius 2 is 2.29 bits per heavy atom. The van der Waals surface area contributed by atoms with Crippen molar-refractivity contribution in [2.24, 2.45) is 7.05 Å². The summed E-state index contributed by atoms with van der Waals surface area (Å²) in [5.41, 5.74) is 1.80. The minimum Gasteiger partial charge on any atom is -0.340 e. The second kappa shape index (κ2) is 5.10. The molecule has 1 aromatic heterocycles. The molecule has 0 aliphatic carbocycles. The molecule has 0 amide bonds. The molecule has 1 unspecified atom stereocenters. The van der Waals surface area contributed by atoms with Gasteiger partial charge in [0, 0.05) is 13.2 Å². The summed E-state index contributed by atoms with van der Waals surface area (Å²) in [6.07, 6.45) is 3.69. The molecule has 1 N–H and O–H groups in total. The second-order valence-corrected chi connectivity index (χ2v) is 4.01. The minimum absolute atomic E-state index is 0.0584. The highest BCUT2D eigenvalue weighted by Gasteiger charge is 2.15. The van der Waals surface area contributed by atoms with E-state index in [0.29, 0.717) is 0 Å². The smallest absolute Gasteiger partial charge is 0.123 e. The van der Waals surface area contributed by atoms with Gasteiger partial charge in [0.05, 0.1) is 18.1 Å². The van der Waals surface area contributed by atoms with Gasteiger partial charge in [-0.15, -0.1) is 0 Å². The lowest BCUT2D eigenvalue weighted by Crippen LogP contribution is -2.22. The van der Waals surface area contributed by atoms with Gasteiger partial charge >= 0.3 is 0 Å². The predicted molar refractivity (Wildman–Crippen MR) is 65.1 cm³/mol. The molecule has 17 heavy (non-hydrogen) atoms. The highest BCUT2D eigenvalue weighted by Crippen LogP contribution is 2.20. The van der Waals surface area contributed by atoms with Crippen LogP contribution in [-0.2, 0) is 7.05 Å². The molecule has 0 saturated heterocycles. The van der Waals surface area contributed by atoms with E-state index in [1.807, 2.05) is 30.8 Å². The lowest BCUT2D eigenvalue weighted by molar-refractivity contribution is 0.596. The molecule has 0 radical (unpaired) electrons. The van der Waals surface area contributed by atoms with Gasteiger partial charge in [-0.1, -0.05) is 19.1 Å². The van der Waals surface area contributed by atoms with Gasteiger partial charge in [0.15, 0.2) is 0 Å². The van der Waals surface area contributed by atoms with Crippen molar-refractivity contribution < 1.29 is 4.39 Å². The Bertz CT molecular complexity index is 493. The van der Waals surface area contributed by atoms with Gasteiger partial charge in [0.1, 0.15) is 5.82 Å². The maximum atomic E-state index is 13.2. The zero-order valence-corrected chi connectivity index (χ0v) is 10.0. The molecule has 4 heteroatoms. The van der Waals surface area contributed by atoms with Crippen LogP contribution in [0.4, 0.5) is 4.39 Å². The van der Waals surface area contributed by atoms with Gasteiger partial charge in [-0.2, -0.15) is 0 Å². The molecule has 90 valence electrons. The monoisotopic (exact) mass is 233 g/mol. The largest absolute Gasteiger partial charge is 0.340 e. The molecule has 2 rings (SSSR count). The van der Waals surface area contributed by atoms with E-state index in [2.05, 4.69) is 10.3 Å². The number of hydrogen-bond acceptors (Lipinski definition) is 2. The Morgan fingerprint density at radius 1 is 1.47 bits per heavy atom. The molecule has 0 aliphatic rings. The number of aromatic nitrogens is 2. The van der Waals surface area contributed by atoms with Crippen LogP contribution in [0.1, 0.15) is 24.2 Å². The average Bonchev–Trinajstić information content (AvgIpc) is 2.72. The van der Waals surface area contributed by atoms with E-state index in [1.165, 1.54) is 6.07 Å². The molecule has 1 atom stereocenters. The van der Waals surface area contributed by atoms with E-state index in [1.54, 1.807) is 18.5 Å². The van der Waals surface area contributed by atoms with E-state index < -0.39 is 0 Å². The fraction of sp³-hybridized carbons (Fsp3) is 0.308. The molecule has 0 saturated carbocycles. The number of halogens is 1. The third-order valence-corrected chi connectivity index (χ3v) is 2.61. The number of nitrogens with one attached hydrogen (secondary N) is 1. The summed E-state index contributed by atoms with van der Waals surface area (Å²) < 4.78 is 15.1. The molecule has 0 fully saturated rings. The number of rotatable bonds is 4. The summed E-state index contributed by atoms with van der Waals surface area (Å²) >= 11 is 0. The van der Waals surface area contributed by atoms with Crippen LogP contribution in [0.15, 0.2) is 36.8 Å². The lowest BCUT2D eigenvalue weighted by Gasteiger charge is -2.16. The maximum Gasteiger partial charge on any atom is 0.123 e. The first-order valence-corrected chi connectivity index (χ1v) is 5.67. The van der Waals surface area contributed by atoms with Crippen molar-refractivity contribution in [2.75, 3.05) is 6.54 Å². The molecule has 0 aliphatic heterocycles. The van der Waals surface area contributed by atoms with Gasteiger partial charge in [-0.25, -0.2) is 9.37 Å². The SMILES string of the molecule is CCNC(c1cccc(F)c1)c1cn(C)cn1. The van der Waals surface area contributed by atoms with E-state index in [9.17, 15) is 4.39 Å². The maximum absolute atomic E-state index is 13.2. The van der Waals surface area contributed by atoms with E-state index in [0.717, 1.165) is 17.8 Å². The number of nitrogens with zero attached hydrogens (tertiary/aromatic N) is 2. The van der Waals surface area contributed by atoms with Crippen LogP contribution in [0.5, 0.6) is 0 Å². The lowest BCUT2D eigenvalue weighted by atomic mass is 10.0. The Labute approximate surface area is 100 Å². The van der Waals surface area contributed by atoms with Crippen molar-refractivity contribution in [1.82, 2.24) is 14.9 Å². The van der Waals surface area contributed by atoms with Crippen LogP contribution >= 0.6 is 0 Å². The summed E-state index contributed by atoms with van der Waals surface area (Å²) in [4.78, 5) is 4.32. The zero-order valence-electron chi connectivity index (χ0n) is 10.0. The van der Waals surface area contributed by atoms with Crippen LogP contribution in [-0.4, -0.2) is 16.1 Å². The Morgan fingerprint density at radius 3 is 2.88 bits per heavy atom. The molecular formula is C13H16FN3. The molecule has 1 aromatic carbocycles. The highest BCUT2D eigenvalue weighted by atomic mass is 19.1. The van der Waals surface area contributed by atoms with Crippen molar-refractivity contribution >= 4 is 0 Å². The Balaban J connectivity index is 2.35. The summed E-state index contributed by atoms with van der Waals surface area (Å²) in [6.45, 7) is 2.83. The summed E-state index contributed by atoms with van der Waals surface area (Å²) in [7, 11) is 1.92. The molecule has 0 bridgehead atoms. The van der Waals surface area contributed by atoms with Crippen molar-refractivity contribution in [2.45, 2.75) is 13.0 Å². The van der Waals surface area contributed by atoms with E-state index >= 15 is 0 Å². The molecule has 3 nitrogen and oxygen atoms in total. The van der Waals surface area contributed by atoms with Crippen LogP contribution in [0.25, 0.3) is 0 Å². The molecular weight excluding hydrogens is 217 g/mol. The number of aryl methyl sites for hydroxylation is 1. The van der Waals surface area contributed by atoms with Crippen LogP contribution in [0.2, 0.25) is 0 Å². The summed E-state index contributed by atoms with van der Waals surface area (Å²) in [5, 5.41) is 3.31. The zero-order chi connectivity index (χ0) is 12.3. The number of hydrogen-bond donors (Lipinski definition) is 1. The predicted octanol–water partition coefficient (Wildman–Crippen LogP) is 2.26. The standard InChI is InChI=1S/C13H16FN3/c1-3-15-13(12-8-17(2)9-16-12)10-5-4-6-11(14)7-10/h4-9,13,15H,3H2,1-2H3. The Kier molecular flexibility index (Phi) is 3.54. The first-order chi connectivity index (χ1) is 8.20. The third kappa shape index (κ3) is 2.71. The molecule has 2 aromatic rings. The summed E-state index contributed by atoms with van der Waals surface area (Å²) in [5.74, 6) is -0.221. The van der Waals surface area contributed by atoms with Crippen molar-refractivity contribution in [3.8, 4) is 0 Å². The number of imidazole rings is 1. The Hall–Kier alpha value is -1.68. The first kappa shape index (κ1) is 11.8. The van der Waals surface area contributed by atoms with Crippen molar-refractivity contribution in [1.29, 1.82) is 0 Å². The average molecular weight is 233 g/mol. The minimum atomic E-state index is -0.221. The van der Waals surface area contributed by atoms with Gasteiger partial charge in [-0.05, 0) is 24.2 Å². The van der Waals surface area contributed by atoms with E-state index in [-0.39, 0.29) is 11.9 Å². The topological polar surface area (TPSA) is 29.9 Å². The van der Waals surface area contributed by atoms with Crippen LogP contribution in [0, 0.1) is 5.82 Å². The third-order valence-electron chi connectivity index (χ3n) is 2.61.